The number of hydrogen-bond acceptors (Lipinski definition) is 5. The molecule has 1 aromatic heterocycles. The molecule has 0 saturated heterocycles. The van der Waals surface area contributed by atoms with Crippen molar-refractivity contribution in [3.8, 4) is 11.3 Å². The molecule has 0 aliphatic carbocycles. The predicted molar refractivity (Wildman–Crippen MR) is 80.7 cm³/mol. The van der Waals surface area contributed by atoms with Crippen LogP contribution in [0.5, 0.6) is 0 Å². The summed E-state index contributed by atoms with van der Waals surface area (Å²) in [6, 6.07) is 7.35. The largest absolute Gasteiger partial charge is 0.509 e. The number of nitrogens with zero attached hydrogens (tertiary/aromatic N) is 2. The molecule has 3 rings (SSSR count). The highest BCUT2D eigenvalue weighted by Crippen LogP contribution is 2.31. The monoisotopic (exact) mass is 306 g/mol. The third-order valence-corrected chi connectivity index (χ3v) is 4.10. The Morgan fingerprint density at radius 3 is 2.65 bits per heavy atom. The number of nitrogens with one attached hydrogen (secondary N) is 1. The van der Waals surface area contributed by atoms with E-state index < -0.39 is 0 Å². The average molecular weight is 307 g/mol. The molecule has 2 heterocycles. The fourth-order valence-corrected chi connectivity index (χ4v) is 2.99. The summed E-state index contributed by atoms with van der Waals surface area (Å²) < 4.78 is 0. The number of rotatable bonds is 2. The van der Waals surface area contributed by atoms with Gasteiger partial charge in [-0.2, -0.15) is 0 Å². The molecule has 0 spiro atoms. The van der Waals surface area contributed by atoms with Gasteiger partial charge in [0.15, 0.2) is 0 Å². The third-order valence-electron chi connectivity index (χ3n) is 2.99. The van der Waals surface area contributed by atoms with Crippen LogP contribution < -0.4 is 5.84 Å². The summed E-state index contributed by atoms with van der Waals surface area (Å²) in [7, 11) is 0. The summed E-state index contributed by atoms with van der Waals surface area (Å²) in [6.07, 6.45) is 0. The zero-order chi connectivity index (χ0) is 14.3. The van der Waals surface area contributed by atoms with Crippen LogP contribution in [0.3, 0.4) is 0 Å². The first-order valence-electron chi connectivity index (χ1n) is 5.81. The number of aliphatic hydroxyl groups is 1. The molecule has 1 aliphatic heterocycles. The van der Waals surface area contributed by atoms with Crippen molar-refractivity contribution in [2.24, 2.45) is 5.84 Å². The van der Waals surface area contributed by atoms with E-state index in [1.54, 1.807) is 12.1 Å². The van der Waals surface area contributed by atoms with Crippen molar-refractivity contribution < 1.29 is 5.11 Å². The van der Waals surface area contributed by atoms with E-state index in [9.17, 15) is 5.11 Å². The third kappa shape index (κ3) is 2.18. The molecule has 102 valence electrons. The second kappa shape index (κ2) is 4.90. The van der Waals surface area contributed by atoms with Crippen LogP contribution in [0, 0.1) is 5.41 Å². The van der Waals surface area contributed by atoms with Crippen LogP contribution >= 0.6 is 22.9 Å². The van der Waals surface area contributed by atoms with E-state index in [1.807, 2.05) is 17.5 Å². The zero-order valence-electron chi connectivity index (χ0n) is 10.3. The van der Waals surface area contributed by atoms with Gasteiger partial charge in [-0.25, -0.2) is 10.8 Å². The number of aromatic nitrogens is 1. The zero-order valence-corrected chi connectivity index (χ0v) is 11.9. The van der Waals surface area contributed by atoms with E-state index in [2.05, 4.69) is 4.98 Å². The van der Waals surface area contributed by atoms with Crippen molar-refractivity contribution >= 4 is 34.3 Å². The average Bonchev–Trinajstić information content (AvgIpc) is 2.97. The quantitative estimate of drug-likeness (QED) is 0.745. The molecule has 0 fully saturated rings. The lowest BCUT2D eigenvalue weighted by Crippen LogP contribution is -2.33. The van der Waals surface area contributed by atoms with Crippen molar-refractivity contribution in [2.75, 3.05) is 6.54 Å². The molecule has 1 aromatic carbocycles. The van der Waals surface area contributed by atoms with E-state index in [0.29, 0.717) is 15.6 Å². The molecule has 0 atom stereocenters. The topological polar surface area (TPSA) is 86.2 Å². The highest BCUT2D eigenvalue weighted by atomic mass is 35.5. The van der Waals surface area contributed by atoms with Gasteiger partial charge in [-0.05, 0) is 12.1 Å². The Labute approximate surface area is 124 Å². The van der Waals surface area contributed by atoms with Gasteiger partial charge in [0.05, 0.1) is 17.8 Å². The Bertz CT molecular complexity index is 707. The van der Waals surface area contributed by atoms with Gasteiger partial charge >= 0.3 is 0 Å². The van der Waals surface area contributed by atoms with Crippen molar-refractivity contribution in [2.45, 2.75) is 0 Å². The van der Waals surface area contributed by atoms with Gasteiger partial charge < -0.3 is 5.11 Å². The molecule has 4 N–H and O–H groups in total. The van der Waals surface area contributed by atoms with Crippen LogP contribution in [0.4, 0.5) is 0 Å². The maximum atomic E-state index is 9.87. The Morgan fingerprint density at radius 1 is 1.35 bits per heavy atom. The van der Waals surface area contributed by atoms with Gasteiger partial charge in [0.1, 0.15) is 16.6 Å². The summed E-state index contributed by atoms with van der Waals surface area (Å²) in [5, 5.41) is 22.0. The van der Waals surface area contributed by atoms with E-state index in [-0.39, 0.29) is 18.1 Å². The van der Waals surface area contributed by atoms with E-state index in [1.165, 1.54) is 16.3 Å². The smallest absolute Gasteiger partial charge is 0.149 e. The molecule has 0 amide bonds. The van der Waals surface area contributed by atoms with E-state index in [4.69, 9.17) is 22.9 Å². The molecular formula is C13H11ClN4OS. The second-order valence-corrected chi connectivity index (χ2v) is 5.64. The van der Waals surface area contributed by atoms with Gasteiger partial charge in [0.2, 0.25) is 0 Å². The fraction of sp³-hybridized carbons (Fsp3) is 0.0769. The molecule has 0 saturated carbocycles. The number of nitrogens with two attached hydrogens (primary N) is 1. The van der Waals surface area contributed by atoms with Crippen LogP contribution in [-0.4, -0.2) is 27.5 Å². The van der Waals surface area contributed by atoms with Crippen LogP contribution in [0.1, 0.15) is 5.01 Å². The van der Waals surface area contributed by atoms with Gasteiger partial charge in [0.25, 0.3) is 0 Å². The number of thiazole rings is 1. The summed E-state index contributed by atoms with van der Waals surface area (Å²) in [5.41, 5.74) is 2.12. The minimum atomic E-state index is 0.0782. The lowest BCUT2D eigenvalue weighted by Gasteiger charge is -2.09. The highest BCUT2D eigenvalue weighted by molar-refractivity contribution is 7.11. The number of aliphatic hydroxyl groups excluding tert-OH is 1. The molecule has 7 heteroatoms. The molecule has 20 heavy (non-hydrogen) atoms. The highest BCUT2D eigenvalue weighted by Gasteiger charge is 2.28. The summed E-state index contributed by atoms with van der Waals surface area (Å²) in [5.74, 6) is 5.76. The first-order chi connectivity index (χ1) is 9.56. The first kappa shape index (κ1) is 13.1. The number of halogens is 1. The summed E-state index contributed by atoms with van der Waals surface area (Å²) >= 11 is 7.23. The number of benzene rings is 1. The second-order valence-electron chi connectivity index (χ2n) is 4.34. The van der Waals surface area contributed by atoms with Gasteiger partial charge in [0, 0.05) is 16.0 Å². The van der Waals surface area contributed by atoms with Crippen LogP contribution in [-0.2, 0) is 0 Å². The number of amidine groups is 1. The maximum absolute atomic E-state index is 9.87. The summed E-state index contributed by atoms with van der Waals surface area (Å²) in [6.45, 7) is 0.143. The Kier molecular flexibility index (Phi) is 3.21. The van der Waals surface area contributed by atoms with Gasteiger partial charge in [-0.3, -0.25) is 10.4 Å². The predicted octanol–water partition coefficient (Wildman–Crippen LogP) is 2.90. The first-order valence-corrected chi connectivity index (χ1v) is 7.07. The van der Waals surface area contributed by atoms with Crippen molar-refractivity contribution in [3.05, 3.63) is 45.4 Å². The molecule has 5 nitrogen and oxygen atoms in total. The van der Waals surface area contributed by atoms with Crippen LogP contribution in [0.2, 0.25) is 5.02 Å². The number of hydrazine groups is 1. The maximum Gasteiger partial charge on any atom is 0.149 e. The summed E-state index contributed by atoms with van der Waals surface area (Å²) in [4.78, 5) is 4.46. The van der Waals surface area contributed by atoms with Gasteiger partial charge in [-0.1, -0.05) is 23.7 Å². The molecule has 0 unspecified atom stereocenters. The fourth-order valence-electron chi connectivity index (χ4n) is 1.97. The number of hydrogen-bond donors (Lipinski definition) is 3. The Balaban J connectivity index is 1.97. The minimum absolute atomic E-state index is 0.0782. The van der Waals surface area contributed by atoms with Crippen molar-refractivity contribution in [1.82, 2.24) is 9.99 Å². The molecule has 1 aliphatic rings. The molecule has 2 aromatic rings. The van der Waals surface area contributed by atoms with Crippen LogP contribution in [0.25, 0.3) is 16.8 Å². The lowest BCUT2D eigenvalue weighted by molar-refractivity contribution is 0.355. The standard InChI is InChI=1S/C13H11ClN4OS/c14-8-3-1-7(2-4-8)9-6-20-13(17-9)11-10(19)5-18(16)12(11)15/h1-4,6,15,19H,5,16H2. The Hall–Kier alpha value is -1.89. The Morgan fingerprint density at radius 2 is 2.05 bits per heavy atom. The SMILES string of the molecule is N=C1C(c2nc(-c3ccc(Cl)cc3)cs2)=C(O)CN1N. The normalized spacial score (nSPS) is 15.3. The molecular weight excluding hydrogens is 296 g/mol. The van der Waals surface area contributed by atoms with Crippen molar-refractivity contribution in [3.63, 3.8) is 0 Å². The van der Waals surface area contributed by atoms with E-state index in [0.717, 1.165) is 11.3 Å². The lowest BCUT2D eigenvalue weighted by atomic mass is 10.2. The molecule has 0 bridgehead atoms. The van der Waals surface area contributed by atoms with Gasteiger partial charge in [-0.15, -0.1) is 11.3 Å². The van der Waals surface area contributed by atoms with E-state index >= 15 is 0 Å². The van der Waals surface area contributed by atoms with Crippen molar-refractivity contribution in [1.29, 1.82) is 5.41 Å². The van der Waals surface area contributed by atoms with Crippen LogP contribution in [0.15, 0.2) is 35.4 Å². The molecule has 0 radical (unpaired) electrons. The minimum Gasteiger partial charge on any atom is -0.509 e.